The standard InChI is InChI=1S/C20H6F11NO3/c1-34-19-13(29)8(24)4-18(15(19)31)35-17-3(7(23)12(28)16(32)14(17)30)20(4,33)2-5(21)9(25)11(27)10(26)6(2)22/h33H,32H2,1H3. The summed E-state index contributed by atoms with van der Waals surface area (Å²) in [5, 5.41) is 11.2. The molecule has 4 rings (SSSR count). The van der Waals surface area contributed by atoms with E-state index in [2.05, 4.69) is 9.47 Å². The summed E-state index contributed by atoms with van der Waals surface area (Å²) in [6.45, 7) is 0. The molecule has 0 spiro atoms. The van der Waals surface area contributed by atoms with Gasteiger partial charge in [0.25, 0.3) is 0 Å². The van der Waals surface area contributed by atoms with E-state index in [0.29, 0.717) is 7.11 Å². The van der Waals surface area contributed by atoms with E-state index in [4.69, 9.17) is 5.73 Å². The van der Waals surface area contributed by atoms with Gasteiger partial charge in [0.2, 0.25) is 17.5 Å². The fourth-order valence-electron chi connectivity index (χ4n) is 3.69. The lowest BCUT2D eigenvalue weighted by molar-refractivity contribution is 0.0868. The zero-order chi connectivity index (χ0) is 26.3. The van der Waals surface area contributed by atoms with E-state index in [9.17, 15) is 49.0 Å². The predicted molar refractivity (Wildman–Crippen MR) is 92.0 cm³/mol. The lowest BCUT2D eigenvalue weighted by Gasteiger charge is -2.37. The number of benzene rings is 3. The monoisotopic (exact) mass is 517 g/mol. The molecule has 0 saturated carbocycles. The van der Waals surface area contributed by atoms with Gasteiger partial charge in [-0.2, -0.15) is 8.78 Å². The van der Waals surface area contributed by atoms with Gasteiger partial charge in [0.15, 0.2) is 69.4 Å². The molecule has 15 heteroatoms. The molecule has 0 aliphatic carbocycles. The van der Waals surface area contributed by atoms with E-state index in [1.165, 1.54) is 0 Å². The highest BCUT2D eigenvalue weighted by atomic mass is 19.2. The van der Waals surface area contributed by atoms with Gasteiger partial charge in [-0.15, -0.1) is 0 Å². The van der Waals surface area contributed by atoms with Gasteiger partial charge in [-0.3, -0.25) is 0 Å². The lowest BCUT2D eigenvalue weighted by atomic mass is 9.76. The van der Waals surface area contributed by atoms with Crippen LogP contribution in [0.5, 0.6) is 17.2 Å². The lowest BCUT2D eigenvalue weighted by Crippen LogP contribution is -2.39. The van der Waals surface area contributed by atoms with Crippen LogP contribution in [0, 0.1) is 64.0 Å². The molecule has 1 atom stereocenters. The third-order valence-corrected chi connectivity index (χ3v) is 5.25. The van der Waals surface area contributed by atoms with Gasteiger partial charge < -0.3 is 20.3 Å². The van der Waals surface area contributed by atoms with Crippen LogP contribution in [0.25, 0.3) is 0 Å². The summed E-state index contributed by atoms with van der Waals surface area (Å²) in [4.78, 5) is 0. The summed E-state index contributed by atoms with van der Waals surface area (Å²) >= 11 is 0. The highest BCUT2D eigenvalue weighted by molar-refractivity contribution is 5.67. The number of aliphatic hydroxyl groups is 1. The average molecular weight is 517 g/mol. The van der Waals surface area contributed by atoms with Crippen molar-refractivity contribution in [3.8, 4) is 17.2 Å². The number of anilines is 1. The molecular weight excluding hydrogens is 511 g/mol. The maximum Gasteiger partial charge on any atom is 0.211 e. The Labute approximate surface area is 185 Å². The van der Waals surface area contributed by atoms with E-state index in [-0.39, 0.29) is 0 Å². The van der Waals surface area contributed by atoms with Gasteiger partial charge in [-0.25, -0.2) is 39.5 Å². The van der Waals surface area contributed by atoms with Crippen LogP contribution < -0.4 is 15.2 Å². The van der Waals surface area contributed by atoms with Gasteiger partial charge in [-0.05, 0) is 0 Å². The van der Waals surface area contributed by atoms with Crippen LogP contribution in [0.2, 0.25) is 0 Å². The van der Waals surface area contributed by atoms with Gasteiger partial charge in [0.1, 0.15) is 5.69 Å². The first-order valence-electron chi connectivity index (χ1n) is 8.86. The molecule has 0 saturated heterocycles. The van der Waals surface area contributed by atoms with Gasteiger partial charge >= 0.3 is 0 Å². The Kier molecular flexibility index (Phi) is 5.31. The molecule has 3 N–H and O–H groups in total. The number of ether oxygens (including phenoxy) is 2. The predicted octanol–water partition coefficient (Wildman–Crippen LogP) is 5.20. The zero-order valence-electron chi connectivity index (χ0n) is 16.5. The molecule has 1 aliphatic heterocycles. The third kappa shape index (κ3) is 2.84. The van der Waals surface area contributed by atoms with Crippen LogP contribution in [0.3, 0.4) is 0 Å². The maximum atomic E-state index is 15.0. The number of fused-ring (bicyclic) bond motifs is 2. The SMILES string of the molecule is COc1c(F)c(F)c2c(c1F)Oc1c(F)c(N)c(F)c(F)c1C2(O)c1c(F)c(F)c(F)c(F)c1F. The summed E-state index contributed by atoms with van der Waals surface area (Å²) in [7, 11) is 0.591. The molecule has 0 bridgehead atoms. The summed E-state index contributed by atoms with van der Waals surface area (Å²) in [5.41, 5.74) is -8.02. The van der Waals surface area contributed by atoms with Gasteiger partial charge in [0.05, 0.1) is 23.8 Å². The fourth-order valence-corrected chi connectivity index (χ4v) is 3.69. The second kappa shape index (κ2) is 7.63. The maximum absolute atomic E-state index is 15.0. The fraction of sp³-hybridized carbons (Fsp3) is 0.100. The summed E-state index contributed by atoms with van der Waals surface area (Å²) < 4.78 is 168. The molecule has 186 valence electrons. The second-order valence-electron chi connectivity index (χ2n) is 7.00. The molecule has 3 aromatic carbocycles. The topological polar surface area (TPSA) is 64.7 Å². The molecule has 0 radical (unpaired) electrons. The molecule has 1 heterocycles. The van der Waals surface area contributed by atoms with Gasteiger partial charge in [0, 0.05) is 0 Å². The first-order chi connectivity index (χ1) is 16.2. The Hall–Kier alpha value is -3.75. The van der Waals surface area contributed by atoms with E-state index < -0.39 is 109 Å². The second-order valence-corrected chi connectivity index (χ2v) is 7.00. The van der Waals surface area contributed by atoms with Crippen LogP contribution >= 0.6 is 0 Å². The van der Waals surface area contributed by atoms with E-state index in [0.717, 1.165) is 0 Å². The van der Waals surface area contributed by atoms with Crippen molar-refractivity contribution in [2.24, 2.45) is 0 Å². The van der Waals surface area contributed by atoms with Crippen molar-refractivity contribution in [3.63, 3.8) is 0 Å². The minimum absolute atomic E-state index is 0.591. The Morgan fingerprint density at radius 3 is 1.46 bits per heavy atom. The van der Waals surface area contributed by atoms with Crippen molar-refractivity contribution in [1.29, 1.82) is 0 Å². The molecule has 1 aliphatic rings. The largest absolute Gasteiger partial charge is 0.491 e. The molecule has 35 heavy (non-hydrogen) atoms. The van der Waals surface area contributed by atoms with E-state index >= 15 is 4.39 Å². The van der Waals surface area contributed by atoms with Gasteiger partial charge in [-0.1, -0.05) is 0 Å². The molecule has 3 aromatic rings. The van der Waals surface area contributed by atoms with Crippen molar-refractivity contribution in [2.75, 3.05) is 12.8 Å². The first kappa shape index (κ1) is 24.4. The molecule has 0 amide bonds. The van der Waals surface area contributed by atoms with Crippen molar-refractivity contribution in [1.82, 2.24) is 0 Å². The molecule has 1 unspecified atom stereocenters. The quantitative estimate of drug-likeness (QED) is 0.213. The number of hydrogen-bond donors (Lipinski definition) is 2. The number of nitrogens with two attached hydrogens (primary N) is 1. The summed E-state index contributed by atoms with van der Waals surface area (Å²) in [6, 6.07) is 0. The minimum atomic E-state index is -4.52. The smallest absolute Gasteiger partial charge is 0.211 e. The molecule has 0 fully saturated rings. The molecular formula is C20H6F11NO3. The number of methoxy groups -OCH3 is 1. The van der Waals surface area contributed by atoms with Crippen LogP contribution in [0.1, 0.15) is 16.7 Å². The Morgan fingerprint density at radius 2 is 0.971 bits per heavy atom. The number of hydrogen-bond acceptors (Lipinski definition) is 4. The molecule has 4 nitrogen and oxygen atoms in total. The third-order valence-electron chi connectivity index (χ3n) is 5.25. The summed E-state index contributed by atoms with van der Waals surface area (Å²) in [5.74, 6) is -33.7. The van der Waals surface area contributed by atoms with Crippen LogP contribution in [0.4, 0.5) is 54.0 Å². The average Bonchev–Trinajstić information content (AvgIpc) is 2.82. The zero-order valence-corrected chi connectivity index (χ0v) is 16.5. The Bertz CT molecular complexity index is 1400. The van der Waals surface area contributed by atoms with Crippen molar-refractivity contribution in [2.45, 2.75) is 5.60 Å². The first-order valence-corrected chi connectivity index (χ1v) is 8.86. The van der Waals surface area contributed by atoms with Crippen molar-refractivity contribution >= 4 is 5.69 Å². The normalized spacial score (nSPS) is 16.6. The summed E-state index contributed by atoms with van der Waals surface area (Å²) in [6.07, 6.45) is 0. The van der Waals surface area contributed by atoms with Crippen LogP contribution in [0.15, 0.2) is 0 Å². The van der Waals surface area contributed by atoms with Crippen molar-refractivity contribution < 1.29 is 62.9 Å². The Morgan fingerprint density at radius 1 is 0.571 bits per heavy atom. The number of nitrogen functional groups attached to an aromatic ring is 1. The number of rotatable bonds is 2. The highest BCUT2D eigenvalue weighted by Gasteiger charge is 2.55. The van der Waals surface area contributed by atoms with Crippen LogP contribution in [-0.4, -0.2) is 12.2 Å². The Balaban J connectivity index is 2.35. The minimum Gasteiger partial charge on any atom is -0.491 e. The molecule has 0 aromatic heterocycles. The van der Waals surface area contributed by atoms with E-state index in [1.54, 1.807) is 0 Å². The highest BCUT2D eigenvalue weighted by Crippen LogP contribution is 2.57. The van der Waals surface area contributed by atoms with Crippen LogP contribution in [-0.2, 0) is 5.60 Å². The van der Waals surface area contributed by atoms with E-state index in [1.807, 2.05) is 0 Å². The van der Waals surface area contributed by atoms with Crippen molar-refractivity contribution in [3.05, 3.63) is 80.7 Å². The number of halogens is 11.